The fourth-order valence-corrected chi connectivity index (χ4v) is 0.676. The molecule has 0 aliphatic carbocycles. The van der Waals surface area contributed by atoms with Crippen molar-refractivity contribution >= 4 is 5.69 Å². The second-order valence-corrected chi connectivity index (χ2v) is 2.05. The Balaban J connectivity index is 3.31. The lowest BCUT2D eigenvalue weighted by atomic mass is 10.3. The van der Waals surface area contributed by atoms with Crippen LogP contribution in [0, 0.1) is 15.9 Å². The number of phenolic OH excluding ortho intramolecular Hbond substituents is 2. The number of rotatable bonds is 1. The Morgan fingerprint density at radius 1 is 1.42 bits per heavy atom. The van der Waals surface area contributed by atoms with Crippen molar-refractivity contribution < 1.29 is 19.5 Å². The molecule has 2 N–H and O–H groups in total. The van der Waals surface area contributed by atoms with Crippen LogP contribution in [0.15, 0.2) is 12.1 Å². The van der Waals surface area contributed by atoms with E-state index in [4.69, 9.17) is 10.2 Å². The number of nitrogens with zero attached hydrogens (tertiary/aromatic N) is 1. The zero-order valence-electron chi connectivity index (χ0n) is 5.69. The van der Waals surface area contributed by atoms with Gasteiger partial charge >= 0.3 is 0 Å². The Morgan fingerprint density at radius 2 is 2.00 bits per heavy atom. The summed E-state index contributed by atoms with van der Waals surface area (Å²) in [6, 6.07) is 1.19. The second-order valence-electron chi connectivity index (χ2n) is 2.05. The Morgan fingerprint density at radius 3 is 2.42 bits per heavy atom. The van der Waals surface area contributed by atoms with E-state index in [0.717, 1.165) is 0 Å². The van der Waals surface area contributed by atoms with Crippen LogP contribution in [0.25, 0.3) is 0 Å². The first-order valence-electron chi connectivity index (χ1n) is 2.88. The standard InChI is InChI=1S/C6H4FNO4/c7-4-1-3(8(11)12)2-5(9)6(4)10/h1-2,9-10H. The molecular formula is C6H4FNO4. The average Bonchev–Trinajstić information content (AvgIpc) is 1.99. The quantitative estimate of drug-likeness (QED) is 0.379. The molecule has 0 spiro atoms. The monoisotopic (exact) mass is 173 g/mol. The molecule has 0 aliphatic rings. The van der Waals surface area contributed by atoms with E-state index in [1.165, 1.54) is 0 Å². The van der Waals surface area contributed by atoms with Gasteiger partial charge in [0, 0.05) is 0 Å². The highest BCUT2D eigenvalue weighted by Gasteiger charge is 2.14. The van der Waals surface area contributed by atoms with Crippen LogP contribution in [-0.4, -0.2) is 15.1 Å². The van der Waals surface area contributed by atoms with Gasteiger partial charge in [0.15, 0.2) is 17.3 Å². The molecule has 0 amide bonds. The summed E-state index contributed by atoms with van der Waals surface area (Å²) >= 11 is 0. The van der Waals surface area contributed by atoms with Crippen LogP contribution in [0.4, 0.5) is 10.1 Å². The molecule has 0 radical (unpaired) electrons. The largest absolute Gasteiger partial charge is 0.504 e. The summed E-state index contributed by atoms with van der Waals surface area (Å²) in [6.45, 7) is 0. The molecule has 1 aromatic rings. The molecule has 1 rings (SSSR count). The van der Waals surface area contributed by atoms with Gasteiger partial charge in [0.05, 0.1) is 17.1 Å². The van der Waals surface area contributed by atoms with Gasteiger partial charge in [-0.2, -0.15) is 0 Å². The number of nitro benzene ring substituents is 1. The lowest BCUT2D eigenvalue weighted by Crippen LogP contribution is -1.89. The van der Waals surface area contributed by atoms with Gasteiger partial charge in [0.25, 0.3) is 5.69 Å². The van der Waals surface area contributed by atoms with Crippen molar-refractivity contribution in [1.82, 2.24) is 0 Å². The first-order chi connectivity index (χ1) is 5.52. The molecule has 64 valence electrons. The minimum Gasteiger partial charge on any atom is -0.504 e. The Bertz CT molecular complexity index is 315. The van der Waals surface area contributed by atoms with Crippen LogP contribution in [0.2, 0.25) is 0 Å². The predicted molar refractivity (Wildman–Crippen MR) is 36.4 cm³/mol. The number of aromatic hydroxyl groups is 2. The molecule has 0 saturated heterocycles. The summed E-state index contributed by atoms with van der Waals surface area (Å²) in [5.41, 5.74) is -0.609. The Kier molecular flexibility index (Phi) is 1.82. The number of non-ortho nitro benzene ring substituents is 1. The number of hydrogen-bond donors (Lipinski definition) is 2. The van der Waals surface area contributed by atoms with E-state index in [0.29, 0.717) is 12.1 Å². The summed E-state index contributed by atoms with van der Waals surface area (Å²) in [6.07, 6.45) is 0. The molecular weight excluding hydrogens is 169 g/mol. The van der Waals surface area contributed by atoms with Crippen LogP contribution in [0.5, 0.6) is 11.5 Å². The molecule has 12 heavy (non-hydrogen) atoms. The minimum atomic E-state index is -1.22. The van der Waals surface area contributed by atoms with E-state index in [2.05, 4.69) is 0 Å². The maximum atomic E-state index is 12.5. The van der Waals surface area contributed by atoms with Gasteiger partial charge in [-0.15, -0.1) is 0 Å². The molecule has 0 fully saturated rings. The SMILES string of the molecule is O=[N+]([O-])c1cc(O)c(O)c(F)c1. The third kappa shape index (κ3) is 1.26. The van der Waals surface area contributed by atoms with Crippen LogP contribution < -0.4 is 0 Å². The van der Waals surface area contributed by atoms with Gasteiger partial charge in [0.2, 0.25) is 0 Å². The van der Waals surface area contributed by atoms with E-state index < -0.39 is 27.9 Å². The summed E-state index contributed by atoms with van der Waals surface area (Å²) in [7, 11) is 0. The molecule has 0 unspecified atom stereocenters. The molecule has 0 saturated carbocycles. The number of benzene rings is 1. The first kappa shape index (κ1) is 8.25. The highest BCUT2D eigenvalue weighted by molar-refractivity contribution is 5.47. The summed E-state index contributed by atoms with van der Waals surface area (Å²) in [5.74, 6) is -3.05. The van der Waals surface area contributed by atoms with Crippen molar-refractivity contribution in [2.45, 2.75) is 0 Å². The third-order valence-electron chi connectivity index (χ3n) is 1.24. The summed E-state index contributed by atoms with van der Waals surface area (Å²) in [4.78, 5) is 9.19. The maximum absolute atomic E-state index is 12.5. The molecule has 0 bridgehead atoms. The van der Waals surface area contributed by atoms with Gasteiger partial charge in [-0.1, -0.05) is 0 Å². The van der Waals surface area contributed by atoms with Crippen molar-refractivity contribution in [2.75, 3.05) is 0 Å². The molecule has 1 aromatic carbocycles. The normalized spacial score (nSPS) is 9.75. The molecule has 6 heteroatoms. The zero-order valence-corrected chi connectivity index (χ0v) is 5.69. The van der Waals surface area contributed by atoms with Gasteiger partial charge < -0.3 is 10.2 Å². The molecule has 0 aliphatic heterocycles. The van der Waals surface area contributed by atoms with Crippen LogP contribution in [-0.2, 0) is 0 Å². The predicted octanol–water partition coefficient (Wildman–Crippen LogP) is 1.15. The molecule has 0 aromatic heterocycles. The Labute approximate surface area is 65.8 Å². The smallest absolute Gasteiger partial charge is 0.276 e. The van der Waals surface area contributed by atoms with Crippen molar-refractivity contribution in [1.29, 1.82) is 0 Å². The van der Waals surface area contributed by atoms with Crippen molar-refractivity contribution in [3.8, 4) is 11.5 Å². The zero-order chi connectivity index (χ0) is 9.30. The number of phenols is 2. The Hall–Kier alpha value is -1.85. The van der Waals surface area contributed by atoms with Gasteiger partial charge in [-0.05, 0) is 0 Å². The lowest BCUT2D eigenvalue weighted by Gasteiger charge is -1.97. The van der Waals surface area contributed by atoms with Gasteiger partial charge in [0.1, 0.15) is 0 Å². The van der Waals surface area contributed by atoms with E-state index in [1.807, 2.05) is 0 Å². The van der Waals surface area contributed by atoms with Crippen molar-refractivity contribution in [2.24, 2.45) is 0 Å². The van der Waals surface area contributed by atoms with E-state index in [-0.39, 0.29) is 0 Å². The van der Waals surface area contributed by atoms with Gasteiger partial charge in [-0.25, -0.2) is 4.39 Å². The number of nitro groups is 1. The third-order valence-corrected chi connectivity index (χ3v) is 1.24. The topological polar surface area (TPSA) is 83.6 Å². The molecule has 0 atom stereocenters. The highest BCUT2D eigenvalue weighted by Crippen LogP contribution is 2.31. The molecule has 0 heterocycles. The fraction of sp³-hybridized carbons (Fsp3) is 0. The van der Waals surface area contributed by atoms with Crippen LogP contribution in [0.1, 0.15) is 0 Å². The van der Waals surface area contributed by atoms with Crippen LogP contribution in [0.3, 0.4) is 0 Å². The average molecular weight is 173 g/mol. The van der Waals surface area contributed by atoms with E-state index >= 15 is 0 Å². The van der Waals surface area contributed by atoms with Crippen molar-refractivity contribution in [3.63, 3.8) is 0 Å². The second kappa shape index (κ2) is 2.65. The number of halogens is 1. The van der Waals surface area contributed by atoms with E-state index in [1.54, 1.807) is 0 Å². The van der Waals surface area contributed by atoms with E-state index in [9.17, 15) is 14.5 Å². The summed E-state index contributed by atoms with van der Waals surface area (Å²) < 4.78 is 12.5. The van der Waals surface area contributed by atoms with Crippen LogP contribution >= 0.6 is 0 Å². The first-order valence-corrected chi connectivity index (χ1v) is 2.88. The number of hydrogen-bond acceptors (Lipinski definition) is 4. The van der Waals surface area contributed by atoms with Gasteiger partial charge in [-0.3, -0.25) is 10.1 Å². The maximum Gasteiger partial charge on any atom is 0.276 e. The summed E-state index contributed by atoms with van der Waals surface area (Å²) in [5, 5.41) is 27.5. The van der Waals surface area contributed by atoms with Crippen molar-refractivity contribution in [3.05, 3.63) is 28.1 Å². The minimum absolute atomic E-state index is 0.523. The lowest BCUT2D eigenvalue weighted by molar-refractivity contribution is -0.385. The fourth-order valence-electron chi connectivity index (χ4n) is 0.676. The molecule has 5 nitrogen and oxygen atoms in total. The highest BCUT2D eigenvalue weighted by atomic mass is 19.1.